The number of carbonyl (C=O) groups excluding carboxylic acids is 1. The number of ether oxygens (including phenoxy) is 1. The van der Waals surface area contributed by atoms with Gasteiger partial charge in [0.15, 0.2) is 4.80 Å². The van der Waals surface area contributed by atoms with Gasteiger partial charge in [-0.15, -0.1) is 0 Å². The predicted molar refractivity (Wildman–Crippen MR) is 128 cm³/mol. The fourth-order valence-electron chi connectivity index (χ4n) is 3.56. The number of rotatable bonds is 4. The summed E-state index contributed by atoms with van der Waals surface area (Å²) < 4.78 is 7.87. The van der Waals surface area contributed by atoms with E-state index in [4.69, 9.17) is 16.3 Å². The molecule has 1 aromatic heterocycles. The van der Waals surface area contributed by atoms with Gasteiger partial charge in [0.05, 0.1) is 22.4 Å². The highest BCUT2D eigenvalue weighted by molar-refractivity contribution is 9.10. The van der Waals surface area contributed by atoms with Crippen LogP contribution in [0.1, 0.15) is 31.0 Å². The van der Waals surface area contributed by atoms with Gasteiger partial charge in [0.1, 0.15) is 11.8 Å². The minimum Gasteiger partial charge on any atom is -0.507 e. The molecule has 6 nitrogen and oxygen atoms in total. The summed E-state index contributed by atoms with van der Waals surface area (Å²) in [6.45, 7) is 3.63. The number of hydrogen-bond donors (Lipinski definition) is 1. The lowest BCUT2D eigenvalue weighted by atomic mass is 9.96. The quantitative estimate of drug-likeness (QED) is 0.516. The molecular weight excluding hydrogens is 516 g/mol. The maximum absolute atomic E-state index is 13.5. The van der Waals surface area contributed by atoms with Gasteiger partial charge in [-0.1, -0.05) is 57.1 Å². The number of esters is 1. The Morgan fingerprint density at radius 2 is 2.09 bits per heavy atom. The van der Waals surface area contributed by atoms with E-state index in [0.29, 0.717) is 31.2 Å². The Morgan fingerprint density at radius 3 is 2.81 bits per heavy atom. The van der Waals surface area contributed by atoms with Crippen molar-refractivity contribution in [3.63, 3.8) is 0 Å². The number of fused-ring (bicyclic) bond motifs is 1. The molecule has 0 saturated carbocycles. The van der Waals surface area contributed by atoms with E-state index in [1.54, 1.807) is 62.4 Å². The van der Waals surface area contributed by atoms with Crippen LogP contribution < -0.4 is 14.9 Å². The third kappa shape index (κ3) is 4.05. The van der Waals surface area contributed by atoms with Crippen LogP contribution in [0.15, 0.2) is 68.0 Å². The lowest BCUT2D eigenvalue weighted by molar-refractivity contribution is -0.139. The van der Waals surface area contributed by atoms with E-state index in [9.17, 15) is 14.7 Å². The number of hydrogen-bond acceptors (Lipinski definition) is 6. The molecule has 0 fully saturated rings. The Bertz CT molecular complexity index is 1440. The average molecular weight is 534 g/mol. The van der Waals surface area contributed by atoms with Gasteiger partial charge in [0, 0.05) is 15.1 Å². The SMILES string of the molecule is CCOC(=O)C1=C(C)N=c2s/c(=C\c3cc(Br)ccc3O)c(=O)n2[C@H]1c1ccccc1Cl. The zero-order valence-electron chi connectivity index (χ0n) is 17.1. The molecule has 0 unspecified atom stereocenters. The number of allylic oxidation sites excluding steroid dienone is 1. The summed E-state index contributed by atoms with van der Waals surface area (Å²) in [6, 6.07) is 11.3. The third-order valence-corrected chi connectivity index (χ3v) is 6.81. The molecule has 1 aliphatic rings. The normalized spacial score (nSPS) is 16.0. The first-order chi connectivity index (χ1) is 15.3. The molecule has 1 atom stereocenters. The second kappa shape index (κ2) is 9.05. The van der Waals surface area contributed by atoms with Gasteiger partial charge in [0.25, 0.3) is 5.56 Å². The van der Waals surface area contributed by atoms with Crippen LogP contribution in [0, 0.1) is 0 Å². The smallest absolute Gasteiger partial charge is 0.338 e. The van der Waals surface area contributed by atoms with Crippen molar-refractivity contribution in [2.75, 3.05) is 6.61 Å². The van der Waals surface area contributed by atoms with E-state index < -0.39 is 12.0 Å². The summed E-state index contributed by atoms with van der Waals surface area (Å²) in [4.78, 5) is 31.3. The molecule has 1 aliphatic heterocycles. The largest absolute Gasteiger partial charge is 0.507 e. The lowest BCUT2D eigenvalue weighted by Crippen LogP contribution is -2.40. The monoisotopic (exact) mass is 532 g/mol. The van der Waals surface area contributed by atoms with Crippen LogP contribution in [0.3, 0.4) is 0 Å². The molecule has 3 aromatic rings. The number of phenolic OH excluding ortho intramolecular Hbond substituents is 1. The molecule has 0 bridgehead atoms. The molecular formula is C23H18BrClN2O4S. The lowest BCUT2D eigenvalue weighted by Gasteiger charge is -2.25. The summed E-state index contributed by atoms with van der Waals surface area (Å²) in [5.41, 5.74) is 1.48. The molecule has 164 valence electrons. The minimum absolute atomic E-state index is 0.0464. The highest BCUT2D eigenvalue weighted by Gasteiger charge is 2.34. The van der Waals surface area contributed by atoms with E-state index in [-0.39, 0.29) is 23.5 Å². The van der Waals surface area contributed by atoms with Gasteiger partial charge in [0.2, 0.25) is 0 Å². The molecule has 0 aliphatic carbocycles. The number of aromatic hydroxyl groups is 1. The number of nitrogens with zero attached hydrogens (tertiary/aromatic N) is 2. The van der Waals surface area contributed by atoms with Gasteiger partial charge < -0.3 is 9.84 Å². The van der Waals surface area contributed by atoms with Crippen LogP contribution in [0.25, 0.3) is 6.08 Å². The van der Waals surface area contributed by atoms with Gasteiger partial charge in [-0.25, -0.2) is 9.79 Å². The fourth-order valence-corrected chi connectivity index (χ4v) is 5.22. The van der Waals surface area contributed by atoms with Gasteiger partial charge in [-0.3, -0.25) is 9.36 Å². The number of thiazole rings is 1. The molecule has 0 amide bonds. The van der Waals surface area contributed by atoms with Crippen LogP contribution in [-0.2, 0) is 9.53 Å². The van der Waals surface area contributed by atoms with E-state index in [1.165, 1.54) is 15.9 Å². The molecule has 9 heteroatoms. The van der Waals surface area contributed by atoms with Crippen molar-refractivity contribution in [2.24, 2.45) is 4.99 Å². The number of benzene rings is 2. The zero-order valence-corrected chi connectivity index (χ0v) is 20.3. The van der Waals surface area contributed by atoms with E-state index in [1.807, 2.05) is 0 Å². The standard InChI is InChI=1S/C23H18BrClN2O4S/c1-3-31-22(30)19-12(2)26-23-27(20(19)15-6-4-5-7-16(15)25)21(29)18(32-23)11-13-10-14(24)8-9-17(13)28/h4-11,20,28H,3H2,1-2H3/b18-11-/t20-/m0/s1. The van der Waals surface area contributed by atoms with Crippen LogP contribution >= 0.6 is 38.9 Å². The highest BCUT2D eigenvalue weighted by atomic mass is 79.9. The first-order valence-electron chi connectivity index (χ1n) is 9.74. The molecule has 0 saturated heterocycles. The van der Waals surface area contributed by atoms with Gasteiger partial charge >= 0.3 is 5.97 Å². The summed E-state index contributed by atoms with van der Waals surface area (Å²) >= 11 is 11.0. The molecule has 0 radical (unpaired) electrons. The van der Waals surface area contributed by atoms with Gasteiger partial charge in [-0.05, 0) is 49.8 Å². The van der Waals surface area contributed by atoms with Crippen molar-refractivity contribution < 1.29 is 14.6 Å². The Kier molecular flexibility index (Phi) is 6.37. The summed E-state index contributed by atoms with van der Waals surface area (Å²) in [5.74, 6) is -0.498. The maximum atomic E-state index is 13.5. The van der Waals surface area contributed by atoms with Crippen LogP contribution in [0.4, 0.5) is 0 Å². The molecule has 2 heterocycles. The predicted octanol–water partition coefficient (Wildman–Crippen LogP) is 3.92. The van der Waals surface area contributed by atoms with E-state index in [0.717, 1.165) is 4.47 Å². The molecule has 4 rings (SSSR count). The second-order valence-corrected chi connectivity index (χ2v) is 9.36. The third-order valence-electron chi connectivity index (χ3n) is 4.99. The first-order valence-corrected chi connectivity index (χ1v) is 11.7. The summed E-state index contributed by atoms with van der Waals surface area (Å²) in [6.07, 6.45) is 1.61. The fraction of sp³-hybridized carbons (Fsp3) is 0.174. The van der Waals surface area contributed by atoms with Crippen LogP contribution in [0.5, 0.6) is 5.75 Å². The number of phenols is 1. The van der Waals surface area contributed by atoms with Crippen molar-refractivity contribution >= 4 is 50.9 Å². The van der Waals surface area contributed by atoms with Crippen molar-refractivity contribution in [3.8, 4) is 5.75 Å². The molecule has 2 aromatic carbocycles. The number of halogens is 2. The Balaban J connectivity index is 2.00. The van der Waals surface area contributed by atoms with Crippen molar-refractivity contribution in [2.45, 2.75) is 19.9 Å². The van der Waals surface area contributed by atoms with Crippen LogP contribution in [-0.4, -0.2) is 22.2 Å². The topological polar surface area (TPSA) is 80.9 Å². The Labute approximate surface area is 200 Å². The molecule has 0 spiro atoms. The van der Waals surface area contributed by atoms with Crippen LogP contribution in [0.2, 0.25) is 5.02 Å². The van der Waals surface area contributed by atoms with Crippen molar-refractivity contribution in [3.05, 3.63) is 94.0 Å². The summed E-state index contributed by atoms with van der Waals surface area (Å²) in [7, 11) is 0. The molecule has 32 heavy (non-hydrogen) atoms. The Morgan fingerprint density at radius 1 is 1.34 bits per heavy atom. The number of carbonyl (C=O) groups is 1. The van der Waals surface area contributed by atoms with Crippen molar-refractivity contribution in [1.29, 1.82) is 0 Å². The second-order valence-electron chi connectivity index (χ2n) is 7.03. The van der Waals surface area contributed by atoms with E-state index >= 15 is 0 Å². The average Bonchev–Trinajstić information content (AvgIpc) is 3.05. The summed E-state index contributed by atoms with van der Waals surface area (Å²) in [5, 5.41) is 10.6. The zero-order chi connectivity index (χ0) is 23.0. The van der Waals surface area contributed by atoms with Crippen molar-refractivity contribution in [1.82, 2.24) is 4.57 Å². The van der Waals surface area contributed by atoms with E-state index in [2.05, 4.69) is 20.9 Å². The van der Waals surface area contributed by atoms with Gasteiger partial charge in [-0.2, -0.15) is 0 Å². The Hall–Kier alpha value is -2.68. The minimum atomic E-state index is -0.780. The first kappa shape index (κ1) is 22.5. The number of aromatic nitrogens is 1. The highest BCUT2D eigenvalue weighted by Crippen LogP contribution is 2.34. The maximum Gasteiger partial charge on any atom is 0.338 e. The molecule has 1 N–H and O–H groups in total.